The molecule has 2 aromatic heterocycles. The Morgan fingerprint density at radius 3 is 2.94 bits per heavy atom. The molecule has 0 saturated carbocycles. The molecule has 1 atom stereocenters. The van der Waals surface area contributed by atoms with E-state index in [1.54, 1.807) is 20.4 Å². The van der Waals surface area contributed by atoms with Crippen molar-refractivity contribution in [2.75, 3.05) is 32.7 Å². The quantitative estimate of drug-likeness (QED) is 0.806. The number of aryl methyl sites for hydroxylation is 1. The third-order valence-corrected chi connectivity index (χ3v) is 2.68. The van der Waals surface area contributed by atoms with Gasteiger partial charge in [-0.3, -0.25) is 4.40 Å². The number of ether oxygens (including phenoxy) is 2. The van der Waals surface area contributed by atoms with Crippen molar-refractivity contribution in [3.63, 3.8) is 0 Å². The summed E-state index contributed by atoms with van der Waals surface area (Å²) in [6, 6.07) is 0. The molecule has 0 spiro atoms. The van der Waals surface area contributed by atoms with Gasteiger partial charge in [-0.1, -0.05) is 0 Å². The van der Waals surface area contributed by atoms with E-state index in [0.29, 0.717) is 24.6 Å². The first-order valence-corrected chi connectivity index (χ1v) is 5.68. The van der Waals surface area contributed by atoms with Crippen LogP contribution >= 0.6 is 0 Å². The molecule has 2 heterocycles. The maximum Gasteiger partial charge on any atom is 0.203 e. The van der Waals surface area contributed by atoms with Crippen molar-refractivity contribution >= 4 is 11.5 Å². The molecule has 1 unspecified atom stereocenters. The average molecular weight is 251 g/mol. The predicted octanol–water partition coefficient (Wildman–Crippen LogP) is 0.506. The van der Waals surface area contributed by atoms with Crippen molar-refractivity contribution in [3.8, 4) is 0 Å². The SMILES string of the molecule is COCC(CNc1nccn2c(C)nnc12)OC. The molecule has 2 rings (SSSR count). The Morgan fingerprint density at radius 1 is 1.39 bits per heavy atom. The number of anilines is 1. The summed E-state index contributed by atoms with van der Waals surface area (Å²) in [5.41, 5.74) is 0.710. The molecule has 98 valence electrons. The van der Waals surface area contributed by atoms with Crippen LogP contribution in [-0.4, -0.2) is 53.1 Å². The van der Waals surface area contributed by atoms with E-state index in [1.165, 1.54) is 0 Å². The van der Waals surface area contributed by atoms with Crippen molar-refractivity contribution in [1.29, 1.82) is 0 Å². The van der Waals surface area contributed by atoms with E-state index in [2.05, 4.69) is 20.5 Å². The highest BCUT2D eigenvalue weighted by Crippen LogP contribution is 2.11. The Bertz CT molecular complexity index is 513. The van der Waals surface area contributed by atoms with Crippen LogP contribution in [0.2, 0.25) is 0 Å². The summed E-state index contributed by atoms with van der Waals surface area (Å²) in [4.78, 5) is 4.26. The van der Waals surface area contributed by atoms with Gasteiger partial charge < -0.3 is 14.8 Å². The number of nitrogens with one attached hydrogen (secondary N) is 1. The highest BCUT2D eigenvalue weighted by molar-refractivity contribution is 5.61. The van der Waals surface area contributed by atoms with E-state index in [1.807, 2.05) is 17.5 Å². The largest absolute Gasteiger partial charge is 0.382 e. The molecule has 0 aliphatic heterocycles. The van der Waals surface area contributed by atoms with Crippen LogP contribution in [0, 0.1) is 6.92 Å². The molecule has 18 heavy (non-hydrogen) atoms. The van der Waals surface area contributed by atoms with Crippen LogP contribution < -0.4 is 5.32 Å². The van der Waals surface area contributed by atoms with Gasteiger partial charge in [0.05, 0.1) is 12.7 Å². The second-order valence-electron chi connectivity index (χ2n) is 3.91. The van der Waals surface area contributed by atoms with Crippen LogP contribution in [0.1, 0.15) is 5.82 Å². The number of hydrogen-bond acceptors (Lipinski definition) is 6. The topological polar surface area (TPSA) is 73.6 Å². The fourth-order valence-electron chi connectivity index (χ4n) is 1.67. The summed E-state index contributed by atoms with van der Waals surface area (Å²) < 4.78 is 12.2. The molecular formula is C11H17N5O2. The molecule has 2 aromatic rings. The fourth-order valence-corrected chi connectivity index (χ4v) is 1.67. The summed E-state index contributed by atoms with van der Waals surface area (Å²) >= 11 is 0. The van der Waals surface area contributed by atoms with Crippen molar-refractivity contribution in [2.45, 2.75) is 13.0 Å². The lowest BCUT2D eigenvalue weighted by Gasteiger charge is -2.15. The highest BCUT2D eigenvalue weighted by Gasteiger charge is 2.10. The van der Waals surface area contributed by atoms with Crippen molar-refractivity contribution in [1.82, 2.24) is 19.6 Å². The molecule has 0 amide bonds. The number of methoxy groups -OCH3 is 2. The van der Waals surface area contributed by atoms with Gasteiger partial charge in [-0.2, -0.15) is 0 Å². The zero-order valence-electron chi connectivity index (χ0n) is 10.8. The first-order chi connectivity index (χ1) is 8.76. The molecule has 7 nitrogen and oxygen atoms in total. The van der Waals surface area contributed by atoms with Gasteiger partial charge in [0.25, 0.3) is 0 Å². The lowest BCUT2D eigenvalue weighted by atomic mass is 10.3. The first-order valence-electron chi connectivity index (χ1n) is 5.68. The molecule has 0 radical (unpaired) electrons. The molecule has 0 bridgehead atoms. The summed E-state index contributed by atoms with van der Waals surface area (Å²) in [6.45, 7) is 3.02. The standard InChI is InChI=1S/C11H17N5O2/c1-8-14-15-11-10(12-4-5-16(8)11)13-6-9(18-3)7-17-2/h4-5,9H,6-7H2,1-3H3,(H,12,13). The lowest BCUT2D eigenvalue weighted by molar-refractivity contribution is 0.0365. The maximum absolute atomic E-state index is 5.27. The van der Waals surface area contributed by atoms with E-state index >= 15 is 0 Å². The molecule has 7 heteroatoms. The summed E-state index contributed by atoms with van der Waals surface area (Å²) in [6.07, 6.45) is 3.52. The van der Waals surface area contributed by atoms with E-state index in [9.17, 15) is 0 Å². The van der Waals surface area contributed by atoms with Gasteiger partial charge in [-0.15, -0.1) is 10.2 Å². The van der Waals surface area contributed by atoms with Gasteiger partial charge in [0, 0.05) is 33.2 Å². The van der Waals surface area contributed by atoms with Gasteiger partial charge >= 0.3 is 0 Å². The van der Waals surface area contributed by atoms with Gasteiger partial charge in [-0.05, 0) is 6.92 Å². The molecule has 0 saturated heterocycles. The minimum Gasteiger partial charge on any atom is -0.382 e. The van der Waals surface area contributed by atoms with Gasteiger partial charge in [0.2, 0.25) is 5.65 Å². The number of fused-ring (bicyclic) bond motifs is 1. The predicted molar refractivity (Wildman–Crippen MR) is 66.7 cm³/mol. The lowest BCUT2D eigenvalue weighted by Crippen LogP contribution is -2.27. The van der Waals surface area contributed by atoms with Crippen LogP contribution in [0.15, 0.2) is 12.4 Å². The number of nitrogens with zero attached hydrogens (tertiary/aromatic N) is 4. The normalized spacial score (nSPS) is 12.8. The van der Waals surface area contributed by atoms with E-state index in [4.69, 9.17) is 9.47 Å². The van der Waals surface area contributed by atoms with Gasteiger partial charge in [-0.25, -0.2) is 4.98 Å². The maximum atomic E-state index is 5.27. The van der Waals surface area contributed by atoms with E-state index in [-0.39, 0.29) is 6.10 Å². The van der Waals surface area contributed by atoms with Crippen molar-refractivity contribution in [3.05, 3.63) is 18.2 Å². The van der Waals surface area contributed by atoms with Crippen LogP contribution in [0.3, 0.4) is 0 Å². The summed E-state index contributed by atoms with van der Waals surface area (Å²) in [7, 11) is 3.30. The molecule has 0 aromatic carbocycles. The second-order valence-corrected chi connectivity index (χ2v) is 3.91. The Hall–Kier alpha value is -1.73. The molecular weight excluding hydrogens is 234 g/mol. The Morgan fingerprint density at radius 2 is 2.22 bits per heavy atom. The smallest absolute Gasteiger partial charge is 0.203 e. The van der Waals surface area contributed by atoms with E-state index in [0.717, 1.165) is 5.82 Å². The third kappa shape index (κ3) is 2.57. The van der Waals surface area contributed by atoms with Crippen molar-refractivity contribution < 1.29 is 9.47 Å². The number of aromatic nitrogens is 4. The summed E-state index contributed by atoms with van der Waals surface area (Å²) in [5, 5.41) is 11.3. The van der Waals surface area contributed by atoms with Crippen LogP contribution in [0.25, 0.3) is 5.65 Å². The Labute approximate surface area is 105 Å². The van der Waals surface area contributed by atoms with Gasteiger partial charge in [0.1, 0.15) is 5.82 Å². The monoisotopic (exact) mass is 251 g/mol. The zero-order chi connectivity index (χ0) is 13.0. The van der Waals surface area contributed by atoms with Crippen LogP contribution in [-0.2, 0) is 9.47 Å². The molecule has 0 aliphatic carbocycles. The van der Waals surface area contributed by atoms with Crippen molar-refractivity contribution in [2.24, 2.45) is 0 Å². The molecule has 0 fully saturated rings. The fraction of sp³-hybridized carbons (Fsp3) is 0.545. The second kappa shape index (κ2) is 5.74. The molecule has 0 aliphatic rings. The van der Waals surface area contributed by atoms with Crippen LogP contribution in [0.5, 0.6) is 0 Å². The highest BCUT2D eigenvalue weighted by atomic mass is 16.5. The Kier molecular flexibility index (Phi) is 4.06. The summed E-state index contributed by atoms with van der Waals surface area (Å²) in [5.74, 6) is 1.52. The first kappa shape index (κ1) is 12.7. The Balaban J connectivity index is 2.12. The van der Waals surface area contributed by atoms with E-state index < -0.39 is 0 Å². The number of hydrogen-bond donors (Lipinski definition) is 1. The van der Waals surface area contributed by atoms with Crippen LogP contribution in [0.4, 0.5) is 5.82 Å². The minimum absolute atomic E-state index is 0.0268. The number of rotatable bonds is 6. The minimum atomic E-state index is -0.0268. The van der Waals surface area contributed by atoms with Gasteiger partial charge in [0.15, 0.2) is 5.82 Å². The third-order valence-electron chi connectivity index (χ3n) is 2.68. The average Bonchev–Trinajstić information content (AvgIpc) is 2.77. The molecule has 1 N–H and O–H groups in total. The zero-order valence-corrected chi connectivity index (χ0v) is 10.8.